The Hall–Kier alpha value is -2.81. The van der Waals surface area contributed by atoms with Crippen LogP contribution in [0.4, 0.5) is 5.82 Å². The molecule has 0 unspecified atom stereocenters. The normalized spacial score (nSPS) is 22.5. The molecule has 1 aliphatic carbocycles. The third-order valence-electron chi connectivity index (χ3n) is 7.99. The molecule has 8 nitrogen and oxygen atoms in total. The van der Waals surface area contributed by atoms with E-state index in [1.807, 2.05) is 36.3 Å². The van der Waals surface area contributed by atoms with Gasteiger partial charge in [-0.1, -0.05) is 18.2 Å². The monoisotopic (exact) mass is 506 g/mol. The second-order valence-electron chi connectivity index (χ2n) is 10.4. The number of carboxylic acid groups (broad SMARTS) is 1. The molecule has 2 fully saturated rings. The number of pyridine rings is 2. The van der Waals surface area contributed by atoms with Crippen molar-refractivity contribution >= 4 is 11.8 Å². The van der Waals surface area contributed by atoms with E-state index >= 15 is 0 Å². The Kier molecular flexibility index (Phi) is 8.48. The number of anilines is 1. The third kappa shape index (κ3) is 6.20. The summed E-state index contributed by atoms with van der Waals surface area (Å²) < 4.78 is 11.6. The van der Waals surface area contributed by atoms with Gasteiger partial charge in [0.2, 0.25) is 0 Å². The van der Waals surface area contributed by atoms with Crippen molar-refractivity contribution in [2.45, 2.75) is 75.5 Å². The van der Waals surface area contributed by atoms with Crippen molar-refractivity contribution in [3.8, 4) is 0 Å². The predicted molar refractivity (Wildman–Crippen MR) is 141 cm³/mol. The first-order valence-corrected chi connectivity index (χ1v) is 13.6. The Labute approximate surface area is 219 Å². The highest BCUT2D eigenvalue weighted by Gasteiger charge is 2.40. The molecule has 8 heteroatoms. The number of likely N-dealkylation sites (N-methyl/N-ethyl adjacent to an activating group) is 1. The largest absolute Gasteiger partial charge is 0.480 e. The summed E-state index contributed by atoms with van der Waals surface area (Å²) in [5, 5.41) is 13.6. The summed E-state index contributed by atoms with van der Waals surface area (Å²) in [6.45, 7) is 2.15. The van der Waals surface area contributed by atoms with Gasteiger partial charge in [-0.25, -0.2) is 4.98 Å². The Bertz CT molecular complexity index is 1090. The molecule has 1 saturated carbocycles. The van der Waals surface area contributed by atoms with Gasteiger partial charge in [0.05, 0.1) is 6.10 Å². The number of hydrogen-bond donors (Lipinski definition) is 2. The van der Waals surface area contributed by atoms with Gasteiger partial charge in [-0.2, -0.15) is 0 Å². The van der Waals surface area contributed by atoms with Gasteiger partial charge in [0.1, 0.15) is 11.9 Å². The number of nitrogens with one attached hydrogen (secondary N) is 1. The summed E-state index contributed by atoms with van der Waals surface area (Å²) in [7, 11) is 1.93. The van der Waals surface area contributed by atoms with Gasteiger partial charge in [0, 0.05) is 61.1 Å². The van der Waals surface area contributed by atoms with E-state index in [-0.39, 0.29) is 18.1 Å². The van der Waals surface area contributed by atoms with Crippen LogP contribution in [0.3, 0.4) is 0 Å². The average molecular weight is 507 g/mol. The maximum absolute atomic E-state index is 12.4. The summed E-state index contributed by atoms with van der Waals surface area (Å²) in [6.07, 6.45) is 13.6. The lowest BCUT2D eigenvalue weighted by Crippen LogP contribution is -2.49. The fourth-order valence-corrected chi connectivity index (χ4v) is 5.70. The fraction of sp³-hybridized carbons (Fsp3) is 0.552. The Morgan fingerprint density at radius 1 is 1.19 bits per heavy atom. The zero-order valence-corrected chi connectivity index (χ0v) is 21.6. The highest BCUT2D eigenvalue weighted by atomic mass is 16.5. The molecule has 0 radical (unpaired) electrons. The van der Waals surface area contributed by atoms with Gasteiger partial charge in [-0.05, 0) is 76.1 Å². The summed E-state index contributed by atoms with van der Waals surface area (Å²) in [4.78, 5) is 23.5. The van der Waals surface area contributed by atoms with E-state index < -0.39 is 12.0 Å². The molecule has 1 saturated heterocycles. The van der Waals surface area contributed by atoms with Crippen molar-refractivity contribution in [3.63, 3.8) is 0 Å². The number of rotatable bonds is 11. The number of unbranched alkanes of at least 4 members (excludes halogenated alkanes) is 1. The third-order valence-corrected chi connectivity index (χ3v) is 7.99. The van der Waals surface area contributed by atoms with E-state index in [9.17, 15) is 9.90 Å². The topological polar surface area (TPSA) is 96.8 Å². The number of aliphatic carboxylic acids is 1. The standard InChI is InChI=1S/C29H38N4O4/c1-33(27(29(34)35)25-8-5-13-30-26(25)20-11-16-36-17-12-20)23-18-24(19-23)37-15-3-2-7-22-10-9-21-6-4-14-31-28(21)32-22/h4-6,8,10,13-14,20,23-24,27H,2-3,7,9,11-12,15-19H2,1H3,(H,31,32)(H,34,35)/t23?,24?,27-/m0/s1. The first-order chi connectivity index (χ1) is 18.1. The van der Waals surface area contributed by atoms with Crippen molar-refractivity contribution < 1.29 is 19.4 Å². The molecule has 2 aromatic rings. The van der Waals surface area contributed by atoms with E-state index in [1.165, 1.54) is 11.3 Å². The quantitative estimate of drug-likeness (QED) is 0.424. The summed E-state index contributed by atoms with van der Waals surface area (Å²) in [5.74, 6) is 0.409. The number of allylic oxidation sites excluding steroid dienone is 2. The van der Waals surface area contributed by atoms with Gasteiger partial charge in [-0.15, -0.1) is 0 Å². The van der Waals surface area contributed by atoms with Crippen molar-refractivity contribution in [1.82, 2.24) is 14.9 Å². The summed E-state index contributed by atoms with van der Waals surface area (Å²) >= 11 is 0. The van der Waals surface area contributed by atoms with Crippen LogP contribution in [0.2, 0.25) is 0 Å². The van der Waals surface area contributed by atoms with Gasteiger partial charge in [-0.3, -0.25) is 14.7 Å². The molecule has 2 N–H and O–H groups in total. The lowest BCUT2D eigenvalue weighted by Gasteiger charge is -2.43. The minimum atomic E-state index is -0.823. The number of carboxylic acids is 1. The SMILES string of the molecule is CN(C1CC(OCCCCC2=CCc3cccnc3N2)C1)[C@H](C(=O)O)c1cccnc1C1CCOCC1. The molecule has 0 bridgehead atoms. The Morgan fingerprint density at radius 2 is 1.97 bits per heavy atom. The molecule has 5 rings (SSSR count). The number of aromatic nitrogens is 2. The number of ether oxygens (including phenoxy) is 2. The molecule has 3 aliphatic rings. The molecule has 4 heterocycles. The summed E-state index contributed by atoms with van der Waals surface area (Å²) in [6, 6.07) is 7.37. The van der Waals surface area contributed by atoms with Crippen molar-refractivity contribution in [2.24, 2.45) is 0 Å². The van der Waals surface area contributed by atoms with E-state index in [2.05, 4.69) is 27.4 Å². The summed E-state index contributed by atoms with van der Waals surface area (Å²) in [5.41, 5.74) is 4.22. The first-order valence-electron chi connectivity index (χ1n) is 13.6. The van der Waals surface area contributed by atoms with E-state index in [0.29, 0.717) is 13.2 Å². The molecule has 0 amide bonds. The van der Waals surface area contributed by atoms with Crippen LogP contribution in [0.5, 0.6) is 0 Å². The van der Waals surface area contributed by atoms with Crippen molar-refractivity contribution in [2.75, 3.05) is 32.2 Å². The Morgan fingerprint density at radius 3 is 2.78 bits per heavy atom. The number of carbonyl (C=O) groups is 1. The molecule has 37 heavy (non-hydrogen) atoms. The molecule has 0 spiro atoms. The molecule has 198 valence electrons. The number of hydrogen-bond acceptors (Lipinski definition) is 7. The smallest absolute Gasteiger partial charge is 0.325 e. The van der Waals surface area contributed by atoms with Crippen LogP contribution in [0.25, 0.3) is 0 Å². The van der Waals surface area contributed by atoms with Crippen LogP contribution in [0.1, 0.15) is 73.7 Å². The first kappa shape index (κ1) is 25.8. The molecular weight excluding hydrogens is 468 g/mol. The van der Waals surface area contributed by atoms with Gasteiger partial charge in [0.25, 0.3) is 0 Å². The zero-order chi connectivity index (χ0) is 25.6. The van der Waals surface area contributed by atoms with Gasteiger partial charge >= 0.3 is 5.97 Å². The minimum absolute atomic E-state index is 0.193. The van der Waals surface area contributed by atoms with Crippen LogP contribution >= 0.6 is 0 Å². The van der Waals surface area contributed by atoms with Crippen molar-refractivity contribution in [1.29, 1.82) is 0 Å². The molecule has 0 aromatic carbocycles. The van der Waals surface area contributed by atoms with Crippen LogP contribution in [-0.4, -0.2) is 65.0 Å². The second kappa shape index (κ2) is 12.2. The molecule has 1 atom stereocenters. The second-order valence-corrected chi connectivity index (χ2v) is 10.4. The van der Waals surface area contributed by atoms with Crippen molar-refractivity contribution in [3.05, 3.63) is 65.3 Å². The lowest BCUT2D eigenvalue weighted by atomic mass is 9.85. The van der Waals surface area contributed by atoms with E-state index in [4.69, 9.17) is 9.47 Å². The van der Waals surface area contributed by atoms with Crippen LogP contribution in [0.15, 0.2) is 48.4 Å². The fourth-order valence-electron chi connectivity index (χ4n) is 5.70. The average Bonchev–Trinajstić information content (AvgIpc) is 2.90. The van der Waals surface area contributed by atoms with Crippen LogP contribution < -0.4 is 5.32 Å². The number of fused-ring (bicyclic) bond motifs is 1. The van der Waals surface area contributed by atoms with Crippen LogP contribution in [-0.2, 0) is 20.7 Å². The van der Waals surface area contributed by atoms with Gasteiger partial charge in [0.15, 0.2) is 0 Å². The minimum Gasteiger partial charge on any atom is -0.480 e. The van der Waals surface area contributed by atoms with Crippen LogP contribution in [0, 0.1) is 0 Å². The molecular formula is C29H38N4O4. The maximum atomic E-state index is 12.4. The zero-order valence-electron chi connectivity index (χ0n) is 21.6. The number of nitrogens with zero attached hydrogens (tertiary/aromatic N) is 3. The van der Waals surface area contributed by atoms with E-state index in [0.717, 1.165) is 75.0 Å². The predicted octanol–water partition coefficient (Wildman–Crippen LogP) is 4.70. The maximum Gasteiger partial charge on any atom is 0.325 e. The van der Waals surface area contributed by atoms with Gasteiger partial charge < -0.3 is 19.9 Å². The molecule has 2 aliphatic heterocycles. The van der Waals surface area contributed by atoms with E-state index in [1.54, 1.807) is 6.20 Å². The lowest BCUT2D eigenvalue weighted by molar-refractivity contribution is -0.146. The molecule has 2 aromatic heterocycles. The highest BCUT2D eigenvalue weighted by molar-refractivity contribution is 5.76. The Balaban J connectivity index is 1.06. The highest BCUT2D eigenvalue weighted by Crippen LogP contribution is 2.37.